The monoisotopic (exact) mass is 375 g/mol. The maximum Gasteiger partial charge on any atom is 0.339 e. The first-order valence-corrected chi connectivity index (χ1v) is 9.82. The molecule has 0 bridgehead atoms. The van der Waals surface area contributed by atoms with E-state index in [0.29, 0.717) is 5.69 Å². The van der Waals surface area contributed by atoms with Crippen LogP contribution in [0, 0.1) is 20.8 Å². The Kier molecular flexibility index (Phi) is 5.82. The van der Waals surface area contributed by atoms with E-state index < -0.39 is 28.3 Å². The van der Waals surface area contributed by atoms with Gasteiger partial charge in [-0.1, -0.05) is 29.8 Å². The van der Waals surface area contributed by atoms with Gasteiger partial charge in [-0.05, 0) is 44.0 Å². The summed E-state index contributed by atoms with van der Waals surface area (Å²) in [6.45, 7) is 5.21. The molecule has 2 aromatic carbocycles. The molecule has 0 heterocycles. The highest BCUT2D eigenvalue weighted by Crippen LogP contribution is 2.22. The number of carbonyl (C=O) groups is 2. The van der Waals surface area contributed by atoms with Crippen molar-refractivity contribution in [3.05, 3.63) is 58.7 Å². The van der Waals surface area contributed by atoms with Gasteiger partial charge < -0.3 is 10.1 Å². The SMILES string of the molecule is Cc1cc(C)c(NC(=O)COC(=O)c2ccccc2S(C)(=O)=O)c(C)c1. The molecule has 26 heavy (non-hydrogen) atoms. The van der Waals surface area contributed by atoms with Gasteiger partial charge in [0.05, 0.1) is 10.5 Å². The maximum atomic E-state index is 12.2. The Morgan fingerprint density at radius 3 is 2.19 bits per heavy atom. The van der Waals surface area contributed by atoms with Crippen molar-refractivity contribution >= 4 is 27.4 Å². The number of esters is 1. The molecule has 138 valence electrons. The third-order valence-electron chi connectivity index (χ3n) is 3.78. The number of ether oxygens (including phenoxy) is 1. The van der Waals surface area contributed by atoms with Gasteiger partial charge in [-0.3, -0.25) is 4.79 Å². The minimum absolute atomic E-state index is 0.0921. The van der Waals surface area contributed by atoms with Gasteiger partial charge >= 0.3 is 5.97 Å². The van der Waals surface area contributed by atoms with Crippen LogP contribution in [0.3, 0.4) is 0 Å². The number of hydrogen-bond acceptors (Lipinski definition) is 5. The lowest BCUT2D eigenvalue weighted by Gasteiger charge is -2.13. The van der Waals surface area contributed by atoms with Crippen molar-refractivity contribution in [2.24, 2.45) is 0 Å². The zero-order valence-corrected chi connectivity index (χ0v) is 15.9. The number of nitrogens with one attached hydrogen (secondary N) is 1. The first-order valence-electron chi connectivity index (χ1n) is 7.93. The molecule has 0 spiro atoms. The summed E-state index contributed by atoms with van der Waals surface area (Å²) < 4.78 is 28.5. The summed E-state index contributed by atoms with van der Waals surface area (Å²) >= 11 is 0. The van der Waals surface area contributed by atoms with E-state index in [1.165, 1.54) is 24.3 Å². The van der Waals surface area contributed by atoms with E-state index in [4.69, 9.17) is 4.74 Å². The fourth-order valence-corrected chi connectivity index (χ4v) is 3.60. The predicted molar refractivity (Wildman–Crippen MR) is 99.1 cm³/mol. The van der Waals surface area contributed by atoms with Gasteiger partial charge in [0.15, 0.2) is 16.4 Å². The van der Waals surface area contributed by atoms with Crippen LogP contribution >= 0.6 is 0 Å². The Labute approximate surface area is 153 Å². The standard InChI is InChI=1S/C19H21NO5S/c1-12-9-13(2)18(14(3)10-12)20-17(21)11-25-19(22)15-7-5-6-8-16(15)26(4,23)24/h5-10H,11H2,1-4H3,(H,20,21). The lowest BCUT2D eigenvalue weighted by atomic mass is 10.1. The van der Waals surface area contributed by atoms with Gasteiger partial charge in [0.2, 0.25) is 0 Å². The van der Waals surface area contributed by atoms with Crippen LogP contribution in [-0.2, 0) is 19.4 Å². The first kappa shape index (κ1) is 19.7. The Morgan fingerprint density at radius 1 is 1.04 bits per heavy atom. The van der Waals surface area contributed by atoms with E-state index in [-0.39, 0.29) is 10.5 Å². The molecule has 0 saturated carbocycles. The molecule has 0 saturated heterocycles. The fraction of sp³-hybridized carbons (Fsp3) is 0.263. The number of rotatable bonds is 5. The summed E-state index contributed by atoms with van der Waals surface area (Å²) in [4.78, 5) is 24.2. The zero-order chi connectivity index (χ0) is 19.5. The van der Waals surface area contributed by atoms with E-state index in [1.54, 1.807) is 0 Å². The second-order valence-corrected chi connectivity index (χ2v) is 8.15. The zero-order valence-electron chi connectivity index (χ0n) is 15.1. The minimum atomic E-state index is -3.58. The molecule has 6 nitrogen and oxygen atoms in total. The van der Waals surface area contributed by atoms with E-state index in [2.05, 4.69) is 5.32 Å². The van der Waals surface area contributed by atoms with Crippen molar-refractivity contribution in [2.45, 2.75) is 25.7 Å². The minimum Gasteiger partial charge on any atom is -0.452 e. The van der Waals surface area contributed by atoms with Crippen molar-refractivity contribution in [3.8, 4) is 0 Å². The Bertz CT molecular complexity index is 941. The molecule has 0 radical (unpaired) electrons. The molecule has 0 aliphatic carbocycles. The van der Waals surface area contributed by atoms with Crippen molar-refractivity contribution in [3.63, 3.8) is 0 Å². The lowest BCUT2D eigenvalue weighted by Crippen LogP contribution is -2.22. The third-order valence-corrected chi connectivity index (χ3v) is 4.94. The van der Waals surface area contributed by atoms with Crippen LogP contribution < -0.4 is 5.32 Å². The van der Waals surface area contributed by atoms with Crippen LogP contribution in [-0.4, -0.2) is 33.2 Å². The molecule has 0 unspecified atom stereocenters. The van der Waals surface area contributed by atoms with Gasteiger partial charge in [-0.2, -0.15) is 0 Å². The largest absolute Gasteiger partial charge is 0.452 e. The highest BCUT2D eigenvalue weighted by atomic mass is 32.2. The van der Waals surface area contributed by atoms with E-state index in [9.17, 15) is 18.0 Å². The molecule has 0 aliphatic rings. The average molecular weight is 375 g/mol. The topological polar surface area (TPSA) is 89.5 Å². The van der Waals surface area contributed by atoms with Crippen LogP contribution in [0.1, 0.15) is 27.0 Å². The number of anilines is 1. The van der Waals surface area contributed by atoms with E-state index in [1.807, 2.05) is 32.9 Å². The number of amides is 1. The molecule has 2 rings (SSSR count). The van der Waals surface area contributed by atoms with Gasteiger partial charge in [0.1, 0.15) is 0 Å². The second-order valence-electron chi connectivity index (χ2n) is 6.17. The maximum absolute atomic E-state index is 12.2. The summed E-state index contributed by atoms with van der Waals surface area (Å²) in [5, 5.41) is 2.72. The molecular formula is C19H21NO5S. The summed E-state index contributed by atoms with van der Waals surface area (Å²) in [7, 11) is -3.58. The van der Waals surface area contributed by atoms with Crippen molar-refractivity contribution in [2.75, 3.05) is 18.2 Å². The number of aryl methyl sites for hydroxylation is 3. The number of hydrogen-bond donors (Lipinski definition) is 1. The molecule has 0 aliphatic heterocycles. The number of benzene rings is 2. The van der Waals surface area contributed by atoms with Crippen molar-refractivity contribution in [1.29, 1.82) is 0 Å². The van der Waals surface area contributed by atoms with Crippen LogP contribution in [0.4, 0.5) is 5.69 Å². The molecule has 0 atom stereocenters. The molecule has 1 N–H and O–H groups in total. The van der Waals surface area contributed by atoms with Crippen molar-refractivity contribution in [1.82, 2.24) is 0 Å². The van der Waals surface area contributed by atoms with Crippen LogP contribution in [0.2, 0.25) is 0 Å². The molecular weight excluding hydrogens is 354 g/mol. The highest BCUT2D eigenvalue weighted by molar-refractivity contribution is 7.90. The molecule has 0 aromatic heterocycles. The average Bonchev–Trinajstić information content (AvgIpc) is 2.55. The predicted octanol–water partition coefficient (Wildman–Crippen LogP) is 2.81. The van der Waals surface area contributed by atoms with Crippen molar-refractivity contribution < 1.29 is 22.7 Å². The quantitative estimate of drug-likeness (QED) is 0.812. The molecule has 2 aromatic rings. The van der Waals surface area contributed by atoms with Crippen LogP contribution in [0.15, 0.2) is 41.3 Å². The molecule has 7 heteroatoms. The highest BCUT2D eigenvalue weighted by Gasteiger charge is 2.20. The van der Waals surface area contributed by atoms with Gasteiger partial charge in [0, 0.05) is 11.9 Å². The smallest absolute Gasteiger partial charge is 0.339 e. The normalized spacial score (nSPS) is 11.1. The van der Waals surface area contributed by atoms with E-state index in [0.717, 1.165) is 22.9 Å². The molecule has 1 amide bonds. The second kappa shape index (κ2) is 7.70. The summed E-state index contributed by atoms with van der Waals surface area (Å²) in [5.74, 6) is -1.36. The number of carbonyl (C=O) groups excluding carboxylic acids is 2. The Balaban J connectivity index is 2.08. The summed E-state index contributed by atoms with van der Waals surface area (Å²) in [6, 6.07) is 9.61. The van der Waals surface area contributed by atoms with Crippen LogP contribution in [0.25, 0.3) is 0 Å². The summed E-state index contributed by atoms with van der Waals surface area (Å²) in [5.41, 5.74) is 3.48. The fourth-order valence-electron chi connectivity index (χ4n) is 2.72. The van der Waals surface area contributed by atoms with E-state index >= 15 is 0 Å². The Hall–Kier alpha value is -2.67. The summed E-state index contributed by atoms with van der Waals surface area (Å²) in [6.07, 6.45) is 1.01. The number of sulfone groups is 1. The Morgan fingerprint density at radius 2 is 1.62 bits per heavy atom. The van der Waals surface area contributed by atoms with Gasteiger partial charge in [-0.15, -0.1) is 0 Å². The van der Waals surface area contributed by atoms with Gasteiger partial charge in [0.25, 0.3) is 5.91 Å². The van der Waals surface area contributed by atoms with Gasteiger partial charge in [-0.25, -0.2) is 13.2 Å². The molecule has 0 fully saturated rings. The lowest BCUT2D eigenvalue weighted by molar-refractivity contribution is -0.119. The third kappa shape index (κ3) is 4.70. The first-order chi connectivity index (χ1) is 12.1. The van der Waals surface area contributed by atoms with Crippen LogP contribution in [0.5, 0.6) is 0 Å².